The number of ether oxygens (including phenoxy) is 2. The Balaban J connectivity index is 2.40. The molecule has 0 N–H and O–H groups in total. The average molecular weight is 439 g/mol. The van der Waals surface area contributed by atoms with Crippen LogP contribution in [0.2, 0.25) is 0 Å². The summed E-state index contributed by atoms with van der Waals surface area (Å²) in [6, 6.07) is -3.89. The van der Waals surface area contributed by atoms with Crippen molar-refractivity contribution in [2.24, 2.45) is 11.8 Å². The Morgan fingerprint density at radius 2 is 1.25 bits per heavy atom. The minimum absolute atomic E-state index is 0.181. The Hall–Kier alpha value is -0.890. The molecule has 0 saturated carbocycles. The van der Waals surface area contributed by atoms with Gasteiger partial charge in [0, 0.05) is 13.1 Å². The highest BCUT2D eigenvalue weighted by molar-refractivity contribution is 5.00. The normalized spacial score (nSPS) is 30.3. The zero-order valence-corrected chi connectivity index (χ0v) is 14.0. The molecule has 0 aromatic carbocycles. The summed E-state index contributed by atoms with van der Waals surface area (Å²) in [4.78, 5) is -0.474. The molecule has 2 saturated heterocycles. The van der Waals surface area contributed by atoms with Crippen LogP contribution in [-0.4, -0.2) is 74.4 Å². The first-order valence-corrected chi connectivity index (χ1v) is 8.06. The lowest BCUT2D eigenvalue weighted by molar-refractivity contribution is -0.305. The van der Waals surface area contributed by atoms with Crippen LogP contribution in [0.25, 0.3) is 0 Å². The van der Waals surface area contributed by atoms with Crippen LogP contribution in [0.1, 0.15) is 6.42 Å². The van der Waals surface area contributed by atoms with Gasteiger partial charge in [-0.15, -0.1) is 0 Å². The van der Waals surface area contributed by atoms with Gasteiger partial charge in [0.05, 0.1) is 31.7 Å². The Bertz CT molecular complexity index is 503. The Labute approximate surface area is 151 Å². The Morgan fingerprint density at radius 1 is 0.750 bits per heavy atom. The van der Waals surface area contributed by atoms with Gasteiger partial charge in [-0.3, -0.25) is 4.90 Å². The number of likely N-dealkylation sites (tertiary alicyclic amines) is 1. The van der Waals surface area contributed by atoms with Gasteiger partial charge in [0.15, 0.2) is 6.04 Å². The highest BCUT2D eigenvalue weighted by Crippen LogP contribution is 2.46. The molecule has 28 heavy (non-hydrogen) atoms. The SMILES string of the molecule is FC(F)(F)C1CC(C(F)(F)F)CN(C(C(F)(F)F)C(F)(F)C2COCCO2)C1. The predicted molar refractivity (Wildman–Crippen MR) is 70.6 cm³/mol. The van der Waals surface area contributed by atoms with Crippen molar-refractivity contribution in [2.45, 2.75) is 43.0 Å². The summed E-state index contributed by atoms with van der Waals surface area (Å²) in [6.45, 7) is -4.91. The molecule has 2 fully saturated rings. The molecule has 0 amide bonds. The van der Waals surface area contributed by atoms with Crippen molar-refractivity contribution in [1.82, 2.24) is 4.90 Å². The summed E-state index contributed by atoms with van der Waals surface area (Å²) in [5, 5.41) is 0. The van der Waals surface area contributed by atoms with E-state index < -0.39 is 86.1 Å². The molecule has 3 nitrogen and oxygen atoms in total. The first kappa shape index (κ1) is 23.4. The maximum absolute atomic E-state index is 14.6. The average Bonchev–Trinajstić information content (AvgIpc) is 2.52. The first-order chi connectivity index (χ1) is 12.5. The second-order valence-corrected chi connectivity index (χ2v) is 6.72. The molecule has 2 aliphatic heterocycles. The van der Waals surface area contributed by atoms with Crippen molar-refractivity contribution in [3.05, 3.63) is 0 Å². The van der Waals surface area contributed by atoms with Crippen molar-refractivity contribution >= 4 is 0 Å². The molecule has 4 unspecified atom stereocenters. The highest BCUT2D eigenvalue weighted by Gasteiger charge is 2.65. The minimum Gasteiger partial charge on any atom is -0.376 e. The van der Waals surface area contributed by atoms with Crippen LogP contribution < -0.4 is 0 Å². The predicted octanol–water partition coefficient (Wildman–Crippen LogP) is 4.03. The smallest absolute Gasteiger partial charge is 0.376 e. The second kappa shape index (κ2) is 7.74. The van der Waals surface area contributed by atoms with Crippen molar-refractivity contribution < 1.29 is 57.8 Å². The lowest BCUT2D eigenvalue weighted by Crippen LogP contribution is -2.66. The van der Waals surface area contributed by atoms with Gasteiger partial charge in [-0.25, -0.2) is 8.78 Å². The van der Waals surface area contributed by atoms with Gasteiger partial charge >= 0.3 is 18.5 Å². The number of halogens is 11. The van der Waals surface area contributed by atoms with E-state index in [9.17, 15) is 48.3 Å². The number of nitrogens with zero attached hydrogens (tertiary/aromatic N) is 1. The van der Waals surface area contributed by atoms with Crippen LogP contribution in [0.15, 0.2) is 0 Å². The zero-order chi connectivity index (χ0) is 21.5. The van der Waals surface area contributed by atoms with Crippen LogP contribution in [0, 0.1) is 11.8 Å². The van der Waals surface area contributed by atoms with Crippen molar-refractivity contribution in [2.75, 3.05) is 32.9 Å². The number of hydrogen-bond acceptors (Lipinski definition) is 3. The summed E-state index contributed by atoms with van der Waals surface area (Å²) >= 11 is 0. The molecule has 0 radical (unpaired) electrons. The summed E-state index contributed by atoms with van der Waals surface area (Å²) in [6.07, 6.45) is -20.4. The van der Waals surface area contributed by atoms with E-state index in [-0.39, 0.29) is 6.61 Å². The number of alkyl halides is 11. The molecule has 14 heteroatoms. The molecule has 0 spiro atoms. The van der Waals surface area contributed by atoms with E-state index in [4.69, 9.17) is 0 Å². The van der Waals surface area contributed by atoms with Gasteiger partial charge < -0.3 is 9.47 Å². The quantitative estimate of drug-likeness (QED) is 0.620. The van der Waals surface area contributed by atoms with Crippen LogP contribution in [0.3, 0.4) is 0 Å². The van der Waals surface area contributed by atoms with Crippen LogP contribution in [0.5, 0.6) is 0 Å². The molecule has 0 bridgehead atoms. The van der Waals surface area contributed by atoms with E-state index in [1.807, 2.05) is 0 Å². The van der Waals surface area contributed by atoms with Gasteiger partial charge in [-0.05, 0) is 6.42 Å². The molecular weight excluding hydrogens is 423 g/mol. The molecule has 2 heterocycles. The number of hydrogen-bond donors (Lipinski definition) is 0. The van der Waals surface area contributed by atoms with Crippen LogP contribution >= 0.6 is 0 Å². The third kappa shape index (κ3) is 5.17. The summed E-state index contributed by atoms with van der Waals surface area (Å²) in [5.41, 5.74) is 0. The number of rotatable bonds is 3. The lowest BCUT2D eigenvalue weighted by atomic mass is 9.86. The topological polar surface area (TPSA) is 21.7 Å². The maximum atomic E-state index is 14.6. The van der Waals surface area contributed by atoms with Gasteiger partial charge in [-0.1, -0.05) is 0 Å². The number of piperidine rings is 1. The zero-order valence-electron chi connectivity index (χ0n) is 14.0. The fraction of sp³-hybridized carbons (Fsp3) is 1.00. The molecule has 0 aromatic rings. The fourth-order valence-electron chi connectivity index (χ4n) is 3.37. The summed E-state index contributed by atoms with van der Waals surface area (Å²) < 4.78 is 156. The molecule has 2 rings (SSSR count). The third-order valence-electron chi connectivity index (χ3n) is 4.69. The maximum Gasteiger partial charge on any atom is 0.410 e. The summed E-state index contributed by atoms with van der Waals surface area (Å²) in [7, 11) is 0. The second-order valence-electron chi connectivity index (χ2n) is 6.72. The standard InChI is InChI=1S/C14H16F11NO2/c15-11(16,9-6-27-1-2-28-9)10(14(23,24)25)26-4-7(12(17,18)19)3-8(5-26)13(20,21)22/h7-10H,1-6H2. The van der Waals surface area contributed by atoms with Crippen molar-refractivity contribution in [3.8, 4) is 0 Å². The first-order valence-electron chi connectivity index (χ1n) is 8.06. The Morgan fingerprint density at radius 3 is 1.61 bits per heavy atom. The van der Waals surface area contributed by atoms with E-state index in [0.717, 1.165) is 0 Å². The van der Waals surface area contributed by atoms with E-state index in [1.165, 1.54) is 0 Å². The van der Waals surface area contributed by atoms with Gasteiger partial charge in [0.2, 0.25) is 0 Å². The largest absolute Gasteiger partial charge is 0.410 e. The van der Waals surface area contributed by atoms with E-state index >= 15 is 0 Å². The fourth-order valence-corrected chi connectivity index (χ4v) is 3.37. The van der Waals surface area contributed by atoms with Gasteiger partial charge in [-0.2, -0.15) is 39.5 Å². The van der Waals surface area contributed by atoms with Gasteiger partial charge in [0.1, 0.15) is 6.10 Å². The van der Waals surface area contributed by atoms with Crippen molar-refractivity contribution in [1.29, 1.82) is 0 Å². The van der Waals surface area contributed by atoms with Crippen LogP contribution in [0.4, 0.5) is 48.3 Å². The Kier molecular flexibility index (Phi) is 6.47. The van der Waals surface area contributed by atoms with Crippen LogP contribution in [-0.2, 0) is 9.47 Å². The molecule has 0 aliphatic carbocycles. The molecular formula is C14H16F11NO2. The minimum atomic E-state index is -5.81. The monoisotopic (exact) mass is 439 g/mol. The van der Waals surface area contributed by atoms with E-state index in [2.05, 4.69) is 9.47 Å². The van der Waals surface area contributed by atoms with E-state index in [1.54, 1.807) is 0 Å². The molecule has 2 aliphatic rings. The van der Waals surface area contributed by atoms with E-state index in [0.29, 0.717) is 0 Å². The molecule has 166 valence electrons. The summed E-state index contributed by atoms with van der Waals surface area (Å²) in [5.74, 6) is -10.5. The molecule has 0 aromatic heterocycles. The third-order valence-corrected chi connectivity index (χ3v) is 4.69. The van der Waals surface area contributed by atoms with Gasteiger partial charge in [0.25, 0.3) is 5.92 Å². The van der Waals surface area contributed by atoms with Crippen molar-refractivity contribution in [3.63, 3.8) is 0 Å². The highest BCUT2D eigenvalue weighted by atomic mass is 19.4. The lowest BCUT2D eigenvalue weighted by Gasteiger charge is -2.46. The molecule has 4 atom stereocenters.